The normalized spacial score (nSPS) is 9.71. The van der Waals surface area contributed by atoms with Crippen molar-refractivity contribution in [2.24, 2.45) is 0 Å². The topological polar surface area (TPSA) is 35.5 Å². The summed E-state index contributed by atoms with van der Waals surface area (Å²) in [4.78, 5) is 10.4. The third-order valence-corrected chi connectivity index (χ3v) is 2.27. The number of carbonyl (C=O) groups excluding carboxylic acids is 1. The zero-order valence-corrected chi connectivity index (χ0v) is 9.34. The molecule has 3 heteroatoms. The fourth-order valence-corrected chi connectivity index (χ4v) is 1.42. The van der Waals surface area contributed by atoms with Gasteiger partial charge >= 0.3 is 0 Å². The van der Waals surface area contributed by atoms with Crippen LogP contribution in [0.2, 0.25) is 0 Å². The Hall–Kier alpha value is -2.29. The minimum atomic E-state index is 0.498. The van der Waals surface area contributed by atoms with Crippen LogP contribution in [0.25, 0.3) is 0 Å². The molecule has 0 unspecified atom stereocenters. The minimum absolute atomic E-state index is 0.498. The summed E-state index contributed by atoms with van der Waals surface area (Å²) >= 11 is 0. The van der Waals surface area contributed by atoms with E-state index >= 15 is 0 Å². The molecule has 85 valence electrons. The molecule has 0 N–H and O–H groups in total. The van der Waals surface area contributed by atoms with Crippen LogP contribution in [0.15, 0.2) is 48.5 Å². The SMILES string of the molecule is COc1ccccc1Oc1ccc([C]=O)cc1. The molecular formula is C14H11O3. The summed E-state index contributed by atoms with van der Waals surface area (Å²) in [6.45, 7) is 0. The predicted octanol–water partition coefficient (Wildman–Crippen LogP) is 2.95. The van der Waals surface area contributed by atoms with Crippen molar-refractivity contribution < 1.29 is 14.3 Å². The first kappa shape index (κ1) is 11.2. The number of hydrogen-bond acceptors (Lipinski definition) is 3. The van der Waals surface area contributed by atoms with Crippen LogP contribution in [0, 0.1) is 0 Å². The monoisotopic (exact) mass is 227 g/mol. The molecule has 0 amide bonds. The maximum Gasteiger partial charge on any atom is 0.233 e. The van der Waals surface area contributed by atoms with Crippen molar-refractivity contribution in [3.63, 3.8) is 0 Å². The first-order valence-electron chi connectivity index (χ1n) is 5.12. The van der Waals surface area contributed by atoms with Gasteiger partial charge in [-0.2, -0.15) is 0 Å². The second-order valence-electron chi connectivity index (χ2n) is 3.38. The average molecular weight is 227 g/mol. The predicted molar refractivity (Wildman–Crippen MR) is 64.3 cm³/mol. The molecule has 17 heavy (non-hydrogen) atoms. The van der Waals surface area contributed by atoms with Gasteiger partial charge in [-0.3, -0.25) is 4.79 Å². The van der Waals surface area contributed by atoms with Crippen molar-refractivity contribution in [1.82, 2.24) is 0 Å². The number of methoxy groups -OCH3 is 1. The largest absolute Gasteiger partial charge is 0.493 e. The van der Waals surface area contributed by atoms with Gasteiger partial charge in [-0.15, -0.1) is 0 Å². The van der Waals surface area contributed by atoms with E-state index < -0.39 is 0 Å². The van der Waals surface area contributed by atoms with Gasteiger partial charge in [0.1, 0.15) is 5.75 Å². The smallest absolute Gasteiger partial charge is 0.233 e. The summed E-state index contributed by atoms with van der Waals surface area (Å²) in [5, 5.41) is 0. The van der Waals surface area contributed by atoms with Gasteiger partial charge in [-0.25, -0.2) is 0 Å². The van der Waals surface area contributed by atoms with E-state index in [4.69, 9.17) is 9.47 Å². The molecule has 1 radical (unpaired) electrons. The number of benzene rings is 2. The molecule has 0 atom stereocenters. The van der Waals surface area contributed by atoms with Crippen molar-refractivity contribution >= 4 is 6.29 Å². The van der Waals surface area contributed by atoms with Gasteiger partial charge in [0.05, 0.1) is 7.11 Å². The molecule has 0 saturated carbocycles. The van der Waals surface area contributed by atoms with Crippen molar-refractivity contribution in [2.45, 2.75) is 0 Å². The lowest BCUT2D eigenvalue weighted by Crippen LogP contribution is -1.90. The van der Waals surface area contributed by atoms with Gasteiger partial charge in [0.15, 0.2) is 11.5 Å². The van der Waals surface area contributed by atoms with Crippen LogP contribution in [0.4, 0.5) is 0 Å². The second kappa shape index (κ2) is 5.16. The Balaban J connectivity index is 2.21. The molecule has 0 saturated heterocycles. The first-order valence-corrected chi connectivity index (χ1v) is 5.12. The van der Waals surface area contributed by atoms with E-state index in [9.17, 15) is 4.79 Å². The van der Waals surface area contributed by atoms with Gasteiger partial charge in [0.25, 0.3) is 0 Å². The Morgan fingerprint density at radius 2 is 1.59 bits per heavy atom. The van der Waals surface area contributed by atoms with Crippen LogP contribution < -0.4 is 9.47 Å². The summed E-state index contributed by atoms with van der Waals surface area (Å²) in [6.07, 6.45) is 1.81. The highest BCUT2D eigenvalue weighted by atomic mass is 16.5. The summed E-state index contributed by atoms with van der Waals surface area (Å²) in [5.74, 6) is 1.95. The molecular weight excluding hydrogens is 216 g/mol. The van der Waals surface area contributed by atoms with Crippen molar-refractivity contribution in [2.75, 3.05) is 7.11 Å². The van der Waals surface area contributed by atoms with E-state index in [0.29, 0.717) is 22.8 Å². The third-order valence-electron chi connectivity index (χ3n) is 2.27. The molecule has 0 aliphatic carbocycles. The lowest BCUT2D eigenvalue weighted by atomic mass is 10.2. The van der Waals surface area contributed by atoms with Crippen molar-refractivity contribution in [3.8, 4) is 17.2 Å². The highest BCUT2D eigenvalue weighted by Crippen LogP contribution is 2.30. The number of para-hydroxylation sites is 2. The van der Waals surface area contributed by atoms with Gasteiger partial charge in [-0.05, 0) is 36.4 Å². The van der Waals surface area contributed by atoms with Gasteiger partial charge < -0.3 is 9.47 Å². The van der Waals surface area contributed by atoms with E-state index in [1.54, 1.807) is 31.4 Å². The van der Waals surface area contributed by atoms with E-state index in [2.05, 4.69) is 0 Å². The fourth-order valence-electron chi connectivity index (χ4n) is 1.42. The molecule has 0 fully saturated rings. The van der Waals surface area contributed by atoms with Gasteiger partial charge in [0.2, 0.25) is 6.29 Å². The van der Waals surface area contributed by atoms with Crippen LogP contribution in [-0.2, 0) is 4.79 Å². The Bertz CT molecular complexity index is 503. The number of rotatable bonds is 4. The van der Waals surface area contributed by atoms with Crippen LogP contribution in [0.1, 0.15) is 5.56 Å². The molecule has 0 aromatic heterocycles. The standard InChI is InChI=1S/C14H11O3/c1-16-13-4-2-3-5-14(13)17-12-8-6-11(10-15)7-9-12/h2-9H,1H3. The number of ether oxygens (including phenoxy) is 2. The Kier molecular flexibility index (Phi) is 3.40. The van der Waals surface area contributed by atoms with Crippen LogP contribution in [-0.4, -0.2) is 13.4 Å². The number of hydrogen-bond donors (Lipinski definition) is 0. The molecule has 2 aromatic carbocycles. The highest BCUT2D eigenvalue weighted by molar-refractivity contribution is 5.75. The first-order chi connectivity index (χ1) is 8.33. The maximum absolute atomic E-state index is 10.4. The lowest BCUT2D eigenvalue weighted by molar-refractivity contribution is 0.379. The van der Waals surface area contributed by atoms with E-state index in [1.807, 2.05) is 30.6 Å². The summed E-state index contributed by atoms with van der Waals surface area (Å²) in [7, 11) is 1.59. The Morgan fingerprint density at radius 1 is 0.941 bits per heavy atom. The summed E-state index contributed by atoms with van der Waals surface area (Å²) in [5.41, 5.74) is 0.498. The van der Waals surface area contributed by atoms with Crippen molar-refractivity contribution in [3.05, 3.63) is 54.1 Å². The quantitative estimate of drug-likeness (QED) is 0.805. The van der Waals surface area contributed by atoms with E-state index in [-0.39, 0.29) is 0 Å². The highest BCUT2D eigenvalue weighted by Gasteiger charge is 2.03. The van der Waals surface area contributed by atoms with Crippen LogP contribution >= 0.6 is 0 Å². The lowest BCUT2D eigenvalue weighted by Gasteiger charge is -2.09. The molecule has 0 bridgehead atoms. The van der Waals surface area contributed by atoms with E-state index in [1.165, 1.54) is 0 Å². The van der Waals surface area contributed by atoms with Gasteiger partial charge in [-0.1, -0.05) is 12.1 Å². The van der Waals surface area contributed by atoms with Crippen LogP contribution in [0.3, 0.4) is 0 Å². The van der Waals surface area contributed by atoms with Crippen molar-refractivity contribution in [1.29, 1.82) is 0 Å². The molecule has 0 aliphatic rings. The average Bonchev–Trinajstić information content (AvgIpc) is 2.40. The zero-order chi connectivity index (χ0) is 12.1. The molecule has 0 heterocycles. The minimum Gasteiger partial charge on any atom is -0.493 e. The van der Waals surface area contributed by atoms with Crippen LogP contribution in [0.5, 0.6) is 17.2 Å². The fraction of sp³-hybridized carbons (Fsp3) is 0.0714. The zero-order valence-electron chi connectivity index (χ0n) is 9.34. The molecule has 2 rings (SSSR count). The molecule has 3 nitrogen and oxygen atoms in total. The molecule has 2 aromatic rings. The summed E-state index contributed by atoms with van der Waals surface area (Å²) < 4.78 is 10.8. The van der Waals surface area contributed by atoms with Gasteiger partial charge in [0, 0.05) is 5.56 Å². The van der Waals surface area contributed by atoms with E-state index in [0.717, 1.165) is 0 Å². The second-order valence-corrected chi connectivity index (χ2v) is 3.38. The third kappa shape index (κ3) is 2.64. The maximum atomic E-state index is 10.4. The molecule has 0 spiro atoms. The summed E-state index contributed by atoms with van der Waals surface area (Å²) in [6, 6.07) is 14.1. The molecule has 0 aliphatic heterocycles. The Labute approximate surface area is 99.6 Å². The Morgan fingerprint density at radius 3 is 2.18 bits per heavy atom.